The molecule has 4 heteroatoms. The van der Waals surface area contributed by atoms with Crippen molar-refractivity contribution in [3.8, 4) is 0 Å². The Balaban J connectivity index is 2.13. The summed E-state index contributed by atoms with van der Waals surface area (Å²) in [5.41, 5.74) is 0.586. The summed E-state index contributed by atoms with van der Waals surface area (Å²) in [6.45, 7) is -0.502. The summed E-state index contributed by atoms with van der Waals surface area (Å²) in [6.07, 6.45) is 31.9. The second-order valence-corrected chi connectivity index (χ2v) is 13.9. The molecule has 0 aromatic heterocycles. The van der Waals surface area contributed by atoms with E-state index < -0.39 is 11.4 Å². The van der Waals surface area contributed by atoms with Crippen LogP contribution in [0, 0.1) is 23.2 Å². The fourth-order valence-corrected chi connectivity index (χ4v) is 8.64. The van der Waals surface area contributed by atoms with Gasteiger partial charge in [0.25, 0.3) is 0 Å². The minimum atomic E-state index is -1.05. The lowest BCUT2D eigenvalue weighted by atomic mass is 9.62. The number of aliphatic carboxylic acids is 1. The Labute approximate surface area is 246 Å². The lowest BCUT2D eigenvalue weighted by Gasteiger charge is -2.43. The minimum Gasteiger partial charge on any atom is -0.478 e. The van der Waals surface area contributed by atoms with Crippen LogP contribution in [-0.4, -0.2) is 34.5 Å². The fraction of sp³-hybridized carbons (Fsp3) is 0.917. The van der Waals surface area contributed by atoms with Gasteiger partial charge in [-0.1, -0.05) is 140 Å². The highest BCUT2D eigenvalue weighted by Gasteiger charge is 2.47. The summed E-state index contributed by atoms with van der Waals surface area (Å²) < 4.78 is 0. The van der Waals surface area contributed by atoms with E-state index in [1.165, 1.54) is 128 Å². The van der Waals surface area contributed by atoms with E-state index in [0.29, 0.717) is 5.57 Å². The molecule has 0 bridgehead atoms. The van der Waals surface area contributed by atoms with E-state index in [-0.39, 0.29) is 31.0 Å². The second-order valence-electron chi connectivity index (χ2n) is 13.9. The molecule has 40 heavy (non-hydrogen) atoms. The zero-order chi connectivity index (χ0) is 28.5. The first-order chi connectivity index (χ1) is 19.6. The molecule has 0 atom stereocenters. The third-order valence-corrected chi connectivity index (χ3v) is 11.0. The van der Waals surface area contributed by atoms with Crippen LogP contribution >= 0.6 is 0 Å². The molecule has 0 radical (unpaired) electrons. The maximum Gasteiger partial charge on any atom is 0.332 e. The van der Waals surface area contributed by atoms with Gasteiger partial charge in [0.05, 0.1) is 18.6 Å². The molecule has 0 spiro atoms. The number of hydrogen-bond donors (Lipinski definition) is 3. The third kappa shape index (κ3) is 10.1. The van der Waals surface area contributed by atoms with Gasteiger partial charge in [-0.05, 0) is 56.3 Å². The van der Waals surface area contributed by atoms with E-state index in [4.69, 9.17) is 0 Å². The van der Waals surface area contributed by atoms with E-state index in [2.05, 4.69) is 0 Å². The molecule has 232 valence electrons. The van der Waals surface area contributed by atoms with Gasteiger partial charge >= 0.3 is 5.97 Å². The highest BCUT2D eigenvalue weighted by atomic mass is 16.4. The molecule has 3 N–H and O–H groups in total. The van der Waals surface area contributed by atoms with E-state index >= 15 is 0 Å². The minimum absolute atomic E-state index is 0.0285. The molecule has 0 amide bonds. The van der Waals surface area contributed by atoms with E-state index in [0.717, 1.165) is 51.4 Å². The molecular weight excluding hydrogens is 496 g/mol. The zero-order valence-electron chi connectivity index (χ0n) is 26.0. The van der Waals surface area contributed by atoms with Gasteiger partial charge in [-0.2, -0.15) is 0 Å². The molecule has 0 aromatic carbocycles. The Hall–Kier alpha value is -0.870. The first-order valence-corrected chi connectivity index (χ1v) is 17.8. The molecule has 3 aliphatic rings. The molecule has 4 nitrogen and oxygen atoms in total. The number of carboxylic acid groups (broad SMARTS) is 1. The number of carbonyl (C=O) groups is 1. The Kier molecular flexibility index (Phi) is 16.3. The van der Waals surface area contributed by atoms with Crippen molar-refractivity contribution in [2.24, 2.45) is 23.2 Å². The quantitative estimate of drug-likeness (QED) is 0.271. The van der Waals surface area contributed by atoms with Crippen LogP contribution < -0.4 is 0 Å². The zero-order valence-corrected chi connectivity index (χ0v) is 26.0. The molecule has 3 aliphatic carbocycles. The summed E-state index contributed by atoms with van der Waals surface area (Å²) in [7, 11) is 0. The van der Waals surface area contributed by atoms with Gasteiger partial charge in [0.15, 0.2) is 0 Å². The molecule has 0 aromatic rings. The predicted molar refractivity (Wildman–Crippen MR) is 166 cm³/mol. The molecule has 0 saturated heterocycles. The van der Waals surface area contributed by atoms with Crippen molar-refractivity contribution in [2.75, 3.05) is 13.2 Å². The first-order valence-electron chi connectivity index (χ1n) is 17.8. The van der Waals surface area contributed by atoms with Crippen molar-refractivity contribution < 1.29 is 20.1 Å². The Morgan fingerprint density at radius 3 is 1.02 bits per heavy atom. The number of hydrogen-bond acceptors (Lipinski definition) is 3. The van der Waals surface area contributed by atoms with Crippen molar-refractivity contribution in [3.63, 3.8) is 0 Å². The summed E-state index contributed by atoms with van der Waals surface area (Å²) >= 11 is 0. The van der Waals surface area contributed by atoms with Crippen molar-refractivity contribution in [1.82, 2.24) is 0 Å². The van der Waals surface area contributed by atoms with Gasteiger partial charge in [0.2, 0.25) is 0 Å². The van der Waals surface area contributed by atoms with Crippen LogP contribution in [0.4, 0.5) is 0 Å². The summed E-state index contributed by atoms with van der Waals surface area (Å²) in [4.78, 5) is 13.6. The highest BCUT2D eigenvalue weighted by molar-refractivity contribution is 5.89. The number of rotatable bonds is 7. The van der Waals surface area contributed by atoms with Gasteiger partial charge in [-0.15, -0.1) is 0 Å². The van der Waals surface area contributed by atoms with Crippen molar-refractivity contribution >= 4 is 5.97 Å². The van der Waals surface area contributed by atoms with Crippen molar-refractivity contribution in [2.45, 2.75) is 173 Å². The monoisotopic (exact) mass is 560 g/mol. The van der Waals surface area contributed by atoms with Crippen LogP contribution in [0.3, 0.4) is 0 Å². The summed E-state index contributed by atoms with van der Waals surface area (Å²) in [5, 5.41) is 33.5. The van der Waals surface area contributed by atoms with E-state index in [1.54, 1.807) is 0 Å². The van der Waals surface area contributed by atoms with Crippen LogP contribution in [0.1, 0.15) is 173 Å². The Morgan fingerprint density at radius 1 is 0.475 bits per heavy atom. The topological polar surface area (TPSA) is 77.8 Å². The Bertz CT molecular complexity index is 666. The van der Waals surface area contributed by atoms with Crippen LogP contribution in [0.2, 0.25) is 0 Å². The standard InChI is InChI=1S/C36H64O4/c37-28-36(29-38,32-26-20-14-8-3-9-15-21-27-32)34(35(39)40)33(30-22-16-10-4-1-5-11-17-23-30)31-24-18-12-6-2-7-13-19-25-31/h30-32,37-38H,1-29H2,(H,39,40). The maximum atomic E-state index is 13.6. The molecule has 0 aliphatic heterocycles. The average molecular weight is 561 g/mol. The van der Waals surface area contributed by atoms with Crippen LogP contribution in [-0.2, 0) is 4.79 Å². The lowest BCUT2D eigenvalue weighted by Crippen LogP contribution is -2.44. The Morgan fingerprint density at radius 2 is 0.750 bits per heavy atom. The number of allylic oxidation sites excluding steroid dienone is 1. The number of aliphatic hydroxyl groups is 2. The third-order valence-electron chi connectivity index (χ3n) is 11.0. The van der Waals surface area contributed by atoms with Gasteiger partial charge < -0.3 is 15.3 Å². The number of aliphatic hydroxyl groups excluding tert-OH is 2. The van der Waals surface area contributed by atoms with Gasteiger partial charge in [0.1, 0.15) is 0 Å². The van der Waals surface area contributed by atoms with Crippen molar-refractivity contribution in [3.05, 3.63) is 11.1 Å². The maximum absolute atomic E-state index is 13.6. The van der Waals surface area contributed by atoms with E-state index in [1.807, 2.05) is 0 Å². The fourth-order valence-electron chi connectivity index (χ4n) is 8.64. The van der Waals surface area contributed by atoms with Gasteiger partial charge in [0, 0.05) is 5.57 Å². The largest absolute Gasteiger partial charge is 0.478 e. The van der Waals surface area contributed by atoms with Gasteiger partial charge in [-0.25, -0.2) is 4.79 Å². The molecule has 3 saturated carbocycles. The molecular formula is C36H64O4. The smallest absolute Gasteiger partial charge is 0.332 e. The predicted octanol–water partition coefficient (Wildman–Crippen LogP) is 9.76. The van der Waals surface area contributed by atoms with E-state index in [9.17, 15) is 20.1 Å². The highest BCUT2D eigenvalue weighted by Crippen LogP contribution is 2.48. The summed E-state index contributed by atoms with van der Waals surface area (Å²) in [5.74, 6) is -0.284. The molecule has 3 rings (SSSR count). The lowest BCUT2D eigenvalue weighted by molar-refractivity contribution is -0.136. The van der Waals surface area contributed by atoms with Gasteiger partial charge in [-0.3, -0.25) is 0 Å². The summed E-state index contributed by atoms with van der Waals surface area (Å²) in [6, 6.07) is 0. The van der Waals surface area contributed by atoms with Crippen LogP contribution in [0.15, 0.2) is 11.1 Å². The van der Waals surface area contributed by atoms with Crippen molar-refractivity contribution in [1.29, 1.82) is 0 Å². The first kappa shape index (κ1) is 33.6. The molecule has 3 fully saturated rings. The molecule has 0 heterocycles. The average Bonchev–Trinajstić information content (AvgIpc) is 2.98. The van der Waals surface area contributed by atoms with Crippen LogP contribution in [0.25, 0.3) is 0 Å². The SMILES string of the molecule is O=C(O)C(=C(C1CCCCCCCCC1)C1CCCCCCCCC1)C(CO)(CO)C1CCCCCCCCC1. The normalized spacial score (nSPS) is 23.6. The molecule has 0 unspecified atom stereocenters. The second kappa shape index (κ2) is 19.3. The number of carboxylic acids is 1. The van der Waals surface area contributed by atoms with Crippen LogP contribution in [0.5, 0.6) is 0 Å².